The summed E-state index contributed by atoms with van der Waals surface area (Å²) < 4.78 is 28.2. The van der Waals surface area contributed by atoms with Crippen LogP contribution in [0.1, 0.15) is 10.6 Å². The van der Waals surface area contributed by atoms with Gasteiger partial charge in [0.2, 0.25) is 9.84 Å². The third-order valence-electron chi connectivity index (χ3n) is 4.75. The van der Waals surface area contributed by atoms with Crippen molar-refractivity contribution in [3.63, 3.8) is 0 Å². The molecule has 0 amide bonds. The number of sulfone groups is 1. The second-order valence-electron chi connectivity index (χ2n) is 6.88. The Bertz CT molecular complexity index is 1480. The molecule has 4 nitrogen and oxygen atoms in total. The molecule has 0 fully saturated rings. The smallest absolute Gasteiger partial charge is 0.206 e. The monoisotopic (exact) mass is 436 g/mol. The molecule has 0 atom stereocenters. The summed E-state index contributed by atoms with van der Waals surface area (Å²) in [5.41, 5.74) is 3.86. The van der Waals surface area contributed by atoms with Crippen molar-refractivity contribution in [2.75, 3.05) is 0 Å². The Labute approximate surface area is 176 Å². The number of aromatic nitrogens is 2. The predicted octanol–water partition coefficient (Wildman–Crippen LogP) is 6.02. The molecule has 0 spiro atoms. The van der Waals surface area contributed by atoms with Gasteiger partial charge in [0, 0.05) is 5.56 Å². The van der Waals surface area contributed by atoms with Crippen LogP contribution in [0.4, 0.5) is 0 Å². The zero-order valence-corrected chi connectivity index (χ0v) is 18.2. The van der Waals surface area contributed by atoms with Gasteiger partial charge in [-0.25, -0.2) is 18.4 Å². The highest BCUT2D eigenvalue weighted by Crippen LogP contribution is 2.34. The van der Waals surface area contributed by atoms with Crippen LogP contribution in [0.5, 0.6) is 0 Å². The van der Waals surface area contributed by atoms with Crippen molar-refractivity contribution in [1.82, 2.24) is 9.97 Å². The summed E-state index contributed by atoms with van der Waals surface area (Å²) in [6, 6.07) is 18.4. The topological polar surface area (TPSA) is 59.9 Å². The first-order valence-corrected chi connectivity index (χ1v) is 12.1. The Balaban J connectivity index is 1.58. The molecule has 5 rings (SSSR count). The van der Waals surface area contributed by atoms with Crippen LogP contribution in [0.15, 0.2) is 70.5 Å². The Morgan fingerprint density at radius 2 is 1.31 bits per heavy atom. The third-order valence-corrected chi connectivity index (χ3v) is 8.50. The fourth-order valence-corrected chi connectivity index (χ4v) is 6.55. The lowest BCUT2D eigenvalue weighted by atomic mass is 10.2. The maximum Gasteiger partial charge on any atom is 0.206 e. The van der Waals surface area contributed by atoms with Gasteiger partial charge in [-0.15, -0.1) is 22.7 Å². The molecule has 144 valence electrons. The maximum atomic E-state index is 13.2. The lowest BCUT2D eigenvalue weighted by molar-refractivity contribution is 0.596. The van der Waals surface area contributed by atoms with E-state index in [0.29, 0.717) is 0 Å². The van der Waals surface area contributed by atoms with E-state index in [-0.39, 0.29) is 9.79 Å². The molecule has 0 saturated heterocycles. The van der Waals surface area contributed by atoms with Gasteiger partial charge in [0.05, 0.1) is 35.2 Å². The minimum atomic E-state index is -3.62. The van der Waals surface area contributed by atoms with E-state index < -0.39 is 9.84 Å². The number of thiazole rings is 2. The van der Waals surface area contributed by atoms with E-state index in [1.807, 2.05) is 26.0 Å². The van der Waals surface area contributed by atoms with Crippen LogP contribution < -0.4 is 0 Å². The van der Waals surface area contributed by atoms with Crippen LogP contribution in [0.25, 0.3) is 31.0 Å². The van der Waals surface area contributed by atoms with Gasteiger partial charge in [0.15, 0.2) is 0 Å². The van der Waals surface area contributed by atoms with Gasteiger partial charge in [-0.05, 0) is 50.2 Å². The highest BCUT2D eigenvalue weighted by Gasteiger charge is 2.20. The number of aryl methyl sites for hydroxylation is 2. The quantitative estimate of drug-likeness (QED) is 0.347. The van der Waals surface area contributed by atoms with Crippen LogP contribution in [0.3, 0.4) is 0 Å². The molecule has 0 bridgehead atoms. The largest absolute Gasteiger partial charge is 0.242 e. The number of fused-ring (bicyclic) bond motifs is 2. The van der Waals surface area contributed by atoms with Gasteiger partial charge in [-0.1, -0.05) is 29.8 Å². The normalized spacial score (nSPS) is 12.1. The van der Waals surface area contributed by atoms with Gasteiger partial charge < -0.3 is 0 Å². The molecule has 0 aliphatic carbocycles. The van der Waals surface area contributed by atoms with Crippen LogP contribution in [-0.4, -0.2) is 18.4 Å². The standard InChI is InChI=1S/C22H16N2O2S3/c1-13-3-5-15(6-4-13)22-24-19-10-8-17(12-21(19)28-22)29(25,26)16-7-9-18-20(11-16)27-14(2)23-18/h3-12H,1-2H3. The molecule has 5 aromatic rings. The van der Waals surface area contributed by atoms with E-state index in [1.54, 1.807) is 36.4 Å². The lowest BCUT2D eigenvalue weighted by Gasteiger charge is -2.04. The number of nitrogens with zero attached hydrogens (tertiary/aromatic N) is 2. The van der Waals surface area contributed by atoms with Crippen molar-refractivity contribution in [1.29, 1.82) is 0 Å². The number of hydrogen-bond acceptors (Lipinski definition) is 6. The SMILES string of the molecule is Cc1ccc(-c2nc3ccc(S(=O)(=O)c4ccc5nc(C)sc5c4)cc3s2)cc1. The van der Waals surface area contributed by atoms with Crippen molar-refractivity contribution in [3.8, 4) is 10.6 Å². The van der Waals surface area contributed by atoms with E-state index in [1.165, 1.54) is 28.2 Å². The van der Waals surface area contributed by atoms with Gasteiger partial charge >= 0.3 is 0 Å². The van der Waals surface area contributed by atoms with Crippen LogP contribution in [0, 0.1) is 13.8 Å². The first-order valence-electron chi connectivity index (χ1n) is 9.00. The molecule has 2 aromatic heterocycles. The molecule has 0 N–H and O–H groups in total. The molecular weight excluding hydrogens is 420 g/mol. The average molecular weight is 437 g/mol. The average Bonchev–Trinajstić information content (AvgIpc) is 3.29. The molecule has 7 heteroatoms. The van der Waals surface area contributed by atoms with Crippen LogP contribution >= 0.6 is 22.7 Å². The summed E-state index contributed by atoms with van der Waals surface area (Å²) in [6.45, 7) is 3.96. The summed E-state index contributed by atoms with van der Waals surface area (Å²) in [5, 5.41) is 1.81. The van der Waals surface area contributed by atoms with E-state index in [0.717, 1.165) is 36.0 Å². The van der Waals surface area contributed by atoms with Crippen LogP contribution in [-0.2, 0) is 9.84 Å². The molecular formula is C22H16N2O2S3. The van der Waals surface area contributed by atoms with E-state index >= 15 is 0 Å². The van der Waals surface area contributed by atoms with Crippen molar-refractivity contribution < 1.29 is 8.42 Å². The summed E-state index contributed by atoms with van der Waals surface area (Å²) in [4.78, 5) is 9.64. The zero-order valence-electron chi connectivity index (χ0n) is 15.7. The molecule has 29 heavy (non-hydrogen) atoms. The second-order valence-corrected chi connectivity index (χ2v) is 11.1. The molecule has 0 aliphatic heterocycles. The molecule has 3 aromatic carbocycles. The van der Waals surface area contributed by atoms with Gasteiger partial charge in [-0.3, -0.25) is 0 Å². The first kappa shape index (κ1) is 18.4. The Kier molecular flexibility index (Phi) is 4.27. The van der Waals surface area contributed by atoms with Crippen molar-refractivity contribution >= 4 is 52.9 Å². The second kappa shape index (κ2) is 6.73. The fraction of sp³-hybridized carbons (Fsp3) is 0.0909. The number of hydrogen-bond donors (Lipinski definition) is 0. The molecule has 0 aliphatic rings. The zero-order chi connectivity index (χ0) is 20.2. The van der Waals surface area contributed by atoms with Gasteiger partial charge in [0.25, 0.3) is 0 Å². The highest BCUT2D eigenvalue weighted by atomic mass is 32.2. The van der Waals surface area contributed by atoms with Crippen molar-refractivity contribution in [2.45, 2.75) is 23.6 Å². The summed E-state index contributed by atoms with van der Waals surface area (Å²) >= 11 is 3.00. The Morgan fingerprint density at radius 3 is 1.97 bits per heavy atom. The molecule has 0 unspecified atom stereocenters. The minimum Gasteiger partial charge on any atom is -0.242 e. The summed E-state index contributed by atoms with van der Waals surface area (Å²) in [6.07, 6.45) is 0. The van der Waals surface area contributed by atoms with Crippen molar-refractivity contribution in [2.24, 2.45) is 0 Å². The minimum absolute atomic E-state index is 0.282. The lowest BCUT2D eigenvalue weighted by Crippen LogP contribution is -2.01. The van der Waals surface area contributed by atoms with Crippen LogP contribution in [0.2, 0.25) is 0 Å². The first-order chi connectivity index (χ1) is 13.9. The summed E-state index contributed by atoms with van der Waals surface area (Å²) in [7, 11) is -3.62. The van der Waals surface area contributed by atoms with E-state index in [9.17, 15) is 8.42 Å². The van der Waals surface area contributed by atoms with Gasteiger partial charge in [0.1, 0.15) is 5.01 Å². The summed E-state index contributed by atoms with van der Waals surface area (Å²) in [5.74, 6) is 0. The fourth-order valence-electron chi connectivity index (χ4n) is 3.22. The third kappa shape index (κ3) is 3.25. The molecule has 2 heterocycles. The molecule has 0 radical (unpaired) electrons. The Hall–Kier alpha value is -2.61. The Morgan fingerprint density at radius 1 is 0.724 bits per heavy atom. The van der Waals surface area contributed by atoms with E-state index in [4.69, 9.17) is 0 Å². The van der Waals surface area contributed by atoms with Crippen molar-refractivity contribution in [3.05, 3.63) is 71.2 Å². The number of benzene rings is 3. The molecule has 0 saturated carbocycles. The predicted molar refractivity (Wildman–Crippen MR) is 120 cm³/mol. The van der Waals surface area contributed by atoms with Gasteiger partial charge in [-0.2, -0.15) is 0 Å². The number of rotatable bonds is 3. The maximum absolute atomic E-state index is 13.2. The van der Waals surface area contributed by atoms with E-state index in [2.05, 4.69) is 22.1 Å². The highest BCUT2D eigenvalue weighted by molar-refractivity contribution is 7.91.